The number of aryl methyl sites for hydroxylation is 1. The van der Waals surface area contributed by atoms with E-state index in [9.17, 15) is 5.11 Å². The molecule has 0 saturated carbocycles. The number of rotatable bonds is 5. The molecule has 0 spiro atoms. The molecular weight excluding hydrogens is 204 g/mol. The Bertz CT molecular complexity index is 319. The standard InChI is InChI=1S/C12H20N2O2/c1-14-8-7-13-12(14)11(15)6-2-4-10-5-3-9-16-10/h7-8,10-11,15H,2-6,9H2,1H3. The van der Waals surface area contributed by atoms with Crippen molar-refractivity contribution in [1.29, 1.82) is 0 Å². The first-order valence-electron chi connectivity index (χ1n) is 6.04. The molecule has 2 unspecified atom stereocenters. The normalized spacial score (nSPS) is 22.5. The maximum atomic E-state index is 9.94. The van der Waals surface area contributed by atoms with Gasteiger partial charge in [0.25, 0.3) is 0 Å². The van der Waals surface area contributed by atoms with Crippen molar-refractivity contribution in [3.8, 4) is 0 Å². The summed E-state index contributed by atoms with van der Waals surface area (Å²) in [7, 11) is 1.91. The molecular formula is C12H20N2O2. The van der Waals surface area contributed by atoms with Gasteiger partial charge in [-0.2, -0.15) is 0 Å². The second-order valence-electron chi connectivity index (χ2n) is 4.48. The average Bonchev–Trinajstić information content (AvgIpc) is 2.88. The minimum absolute atomic E-state index is 0.425. The van der Waals surface area contributed by atoms with Crippen LogP contribution in [0, 0.1) is 0 Å². The Hall–Kier alpha value is -0.870. The number of hydrogen-bond donors (Lipinski definition) is 1. The fourth-order valence-electron chi connectivity index (χ4n) is 2.24. The summed E-state index contributed by atoms with van der Waals surface area (Å²) in [6, 6.07) is 0. The molecule has 1 aliphatic heterocycles. The summed E-state index contributed by atoms with van der Waals surface area (Å²) in [6.45, 7) is 0.909. The lowest BCUT2D eigenvalue weighted by atomic mass is 10.1. The van der Waals surface area contributed by atoms with Crippen molar-refractivity contribution in [2.75, 3.05) is 6.61 Å². The Labute approximate surface area is 96.3 Å². The van der Waals surface area contributed by atoms with Gasteiger partial charge in [-0.05, 0) is 32.1 Å². The van der Waals surface area contributed by atoms with Crippen LogP contribution in [0.15, 0.2) is 12.4 Å². The number of aliphatic hydroxyl groups is 1. The third kappa shape index (κ3) is 2.83. The van der Waals surface area contributed by atoms with Crippen molar-refractivity contribution in [2.45, 2.75) is 44.3 Å². The zero-order valence-corrected chi connectivity index (χ0v) is 9.80. The number of nitrogens with zero attached hydrogens (tertiary/aromatic N) is 2. The summed E-state index contributed by atoms with van der Waals surface area (Å²) in [6.07, 6.45) is 8.75. The highest BCUT2D eigenvalue weighted by molar-refractivity contribution is 4.95. The van der Waals surface area contributed by atoms with E-state index in [2.05, 4.69) is 4.98 Å². The van der Waals surface area contributed by atoms with E-state index in [-0.39, 0.29) is 0 Å². The fourth-order valence-corrected chi connectivity index (χ4v) is 2.24. The highest BCUT2D eigenvalue weighted by Gasteiger charge is 2.17. The van der Waals surface area contributed by atoms with Crippen LogP contribution in [0.2, 0.25) is 0 Å². The van der Waals surface area contributed by atoms with Crippen LogP contribution in [-0.2, 0) is 11.8 Å². The van der Waals surface area contributed by atoms with Crippen molar-refractivity contribution >= 4 is 0 Å². The van der Waals surface area contributed by atoms with Crippen LogP contribution in [0.25, 0.3) is 0 Å². The Kier molecular flexibility index (Phi) is 3.96. The SMILES string of the molecule is Cn1ccnc1C(O)CCCC1CCCO1. The Balaban J connectivity index is 1.71. The van der Waals surface area contributed by atoms with E-state index in [1.807, 2.05) is 17.8 Å². The second kappa shape index (κ2) is 5.46. The van der Waals surface area contributed by atoms with Crippen molar-refractivity contribution in [3.63, 3.8) is 0 Å². The molecule has 2 rings (SSSR count). The highest BCUT2D eigenvalue weighted by Crippen LogP contribution is 2.21. The van der Waals surface area contributed by atoms with Gasteiger partial charge in [0.1, 0.15) is 11.9 Å². The smallest absolute Gasteiger partial charge is 0.137 e. The molecule has 0 radical (unpaired) electrons. The summed E-state index contributed by atoms with van der Waals surface area (Å²) in [4.78, 5) is 4.15. The Morgan fingerprint density at radius 3 is 3.19 bits per heavy atom. The first-order chi connectivity index (χ1) is 7.77. The minimum atomic E-state index is -0.443. The molecule has 16 heavy (non-hydrogen) atoms. The van der Waals surface area contributed by atoms with E-state index < -0.39 is 6.10 Å². The lowest BCUT2D eigenvalue weighted by Crippen LogP contribution is -2.08. The molecule has 0 amide bonds. The summed E-state index contributed by atoms with van der Waals surface area (Å²) < 4.78 is 7.42. The van der Waals surface area contributed by atoms with Crippen LogP contribution in [0.4, 0.5) is 0 Å². The third-order valence-electron chi connectivity index (χ3n) is 3.18. The molecule has 1 fully saturated rings. The topological polar surface area (TPSA) is 47.3 Å². The van der Waals surface area contributed by atoms with Crippen molar-refractivity contribution in [2.24, 2.45) is 7.05 Å². The van der Waals surface area contributed by atoms with Crippen molar-refractivity contribution in [1.82, 2.24) is 9.55 Å². The molecule has 4 nitrogen and oxygen atoms in total. The summed E-state index contributed by atoms with van der Waals surface area (Å²) in [5, 5.41) is 9.94. The average molecular weight is 224 g/mol. The van der Waals surface area contributed by atoms with Crippen LogP contribution >= 0.6 is 0 Å². The molecule has 0 aliphatic carbocycles. The zero-order valence-electron chi connectivity index (χ0n) is 9.80. The maximum Gasteiger partial charge on any atom is 0.137 e. The quantitative estimate of drug-likeness (QED) is 0.829. The van der Waals surface area contributed by atoms with Gasteiger partial charge in [0.05, 0.1) is 6.10 Å². The van der Waals surface area contributed by atoms with E-state index in [1.54, 1.807) is 6.20 Å². The van der Waals surface area contributed by atoms with Crippen molar-refractivity contribution < 1.29 is 9.84 Å². The third-order valence-corrected chi connectivity index (χ3v) is 3.18. The van der Waals surface area contributed by atoms with Crippen LogP contribution in [0.3, 0.4) is 0 Å². The first kappa shape index (κ1) is 11.6. The van der Waals surface area contributed by atoms with Crippen molar-refractivity contribution in [3.05, 3.63) is 18.2 Å². The zero-order chi connectivity index (χ0) is 11.4. The second-order valence-corrected chi connectivity index (χ2v) is 4.48. The summed E-state index contributed by atoms with van der Waals surface area (Å²) in [5.74, 6) is 0.757. The van der Waals surface area contributed by atoms with Crippen LogP contribution in [-0.4, -0.2) is 27.4 Å². The Morgan fingerprint density at radius 1 is 1.69 bits per heavy atom. The molecule has 4 heteroatoms. The lowest BCUT2D eigenvalue weighted by Gasteiger charge is -2.12. The van der Waals surface area contributed by atoms with Gasteiger partial charge >= 0.3 is 0 Å². The number of imidazole rings is 1. The van der Waals surface area contributed by atoms with Gasteiger partial charge in [0, 0.05) is 26.0 Å². The molecule has 1 aromatic heterocycles. The number of ether oxygens (including phenoxy) is 1. The van der Waals surface area contributed by atoms with Gasteiger partial charge in [0.15, 0.2) is 0 Å². The van der Waals surface area contributed by atoms with Gasteiger partial charge in [-0.3, -0.25) is 0 Å². The van der Waals surface area contributed by atoms with E-state index in [0.717, 1.165) is 31.7 Å². The van der Waals surface area contributed by atoms with Gasteiger partial charge in [-0.1, -0.05) is 0 Å². The van der Waals surface area contributed by atoms with E-state index >= 15 is 0 Å². The molecule has 0 bridgehead atoms. The monoisotopic (exact) mass is 224 g/mol. The van der Waals surface area contributed by atoms with Gasteiger partial charge < -0.3 is 14.4 Å². The fraction of sp³-hybridized carbons (Fsp3) is 0.750. The minimum Gasteiger partial charge on any atom is -0.385 e. The highest BCUT2D eigenvalue weighted by atomic mass is 16.5. The number of hydrogen-bond acceptors (Lipinski definition) is 3. The van der Waals surface area contributed by atoms with Gasteiger partial charge in [-0.15, -0.1) is 0 Å². The first-order valence-corrected chi connectivity index (χ1v) is 6.04. The van der Waals surface area contributed by atoms with Crippen LogP contribution in [0.5, 0.6) is 0 Å². The van der Waals surface area contributed by atoms with Crippen LogP contribution in [0.1, 0.15) is 44.0 Å². The van der Waals surface area contributed by atoms with E-state index in [1.165, 1.54) is 12.8 Å². The predicted octanol–water partition coefficient (Wildman–Crippen LogP) is 1.80. The molecule has 0 aromatic carbocycles. The molecule has 1 aliphatic rings. The Morgan fingerprint density at radius 2 is 2.56 bits per heavy atom. The maximum absolute atomic E-state index is 9.94. The van der Waals surface area contributed by atoms with Gasteiger partial charge in [0.2, 0.25) is 0 Å². The molecule has 2 atom stereocenters. The number of aliphatic hydroxyl groups excluding tert-OH is 1. The number of aromatic nitrogens is 2. The largest absolute Gasteiger partial charge is 0.385 e. The van der Waals surface area contributed by atoms with E-state index in [4.69, 9.17) is 4.74 Å². The predicted molar refractivity (Wildman–Crippen MR) is 61.0 cm³/mol. The lowest BCUT2D eigenvalue weighted by molar-refractivity contribution is 0.0929. The molecule has 1 aromatic rings. The summed E-state index contributed by atoms with van der Waals surface area (Å²) in [5.41, 5.74) is 0. The van der Waals surface area contributed by atoms with E-state index in [0.29, 0.717) is 6.10 Å². The molecule has 1 saturated heterocycles. The molecule has 1 N–H and O–H groups in total. The van der Waals surface area contributed by atoms with Crippen LogP contribution < -0.4 is 0 Å². The van der Waals surface area contributed by atoms with Gasteiger partial charge in [-0.25, -0.2) is 4.98 Å². The summed E-state index contributed by atoms with van der Waals surface area (Å²) >= 11 is 0. The molecule has 2 heterocycles. The molecule has 90 valence electrons.